The lowest BCUT2D eigenvalue weighted by molar-refractivity contribution is -0.385. The highest BCUT2D eigenvalue weighted by molar-refractivity contribution is 9.10. The van der Waals surface area contributed by atoms with E-state index in [1.165, 1.54) is 13.2 Å². The zero-order chi connectivity index (χ0) is 17.1. The van der Waals surface area contributed by atoms with Crippen molar-refractivity contribution in [1.82, 2.24) is 4.90 Å². The molecule has 0 aliphatic carbocycles. The van der Waals surface area contributed by atoms with Gasteiger partial charge in [0.15, 0.2) is 5.75 Å². The minimum absolute atomic E-state index is 0.0173. The number of morpholine rings is 1. The molecule has 7 nitrogen and oxygen atoms in total. The standard InChI is InChI=1S/C16H22BrN3O4/c1-23-16-11-14(13(17)10-15(16)20(21)22)19-4-2-12(3-5-19)18-6-8-24-9-7-18/h10-12H,2-9H2,1H3. The summed E-state index contributed by atoms with van der Waals surface area (Å²) in [5.74, 6) is 0.300. The fourth-order valence-corrected chi connectivity index (χ4v) is 4.08. The van der Waals surface area contributed by atoms with Crippen LogP contribution in [0.1, 0.15) is 12.8 Å². The molecule has 24 heavy (non-hydrogen) atoms. The lowest BCUT2D eigenvalue weighted by Gasteiger charge is -2.41. The highest BCUT2D eigenvalue weighted by Gasteiger charge is 2.28. The third-order valence-corrected chi connectivity index (χ3v) is 5.45. The highest BCUT2D eigenvalue weighted by Crippen LogP contribution is 2.39. The van der Waals surface area contributed by atoms with E-state index in [9.17, 15) is 10.1 Å². The van der Waals surface area contributed by atoms with Crippen LogP contribution in [0.15, 0.2) is 16.6 Å². The van der Waals surface area contributed by atoms with Gasteiger partial charge in [-0.15, -0.1) is 0 Å². The van der Waals surface area contributed by atoms with E-state index in [-0.39, 0.29) is 5.69 Å². The summed E-state index contributed by atoms with van der Waals surface area (Å²) in [6.07, 6.45) is 2.18. The van der Waals surface area contributed by atoms with E-state index >= 15 is 0 Å². The van der Waals surface area contributed by atoms with Crippen LogP contribution in [0.5, 0.6) is 5.75 Å². The van der Waals surface area contributed by atoms with Crippen LogP contribution in [-0.2, 0) is 4.74 Å². The molecule has 0 spiro atoms. The SMILES string of the molecule is COc1cc(N2CCC(N3CCOCC3)CC2)c(Br)cc1[N+](=O)[O-]. The van der Waals surface area contributed by atoms with E-state index in [0.29, 0.717) is 11.8 Å². The maximum absolute atomic E-state index is 11.1. The van der Waals surface area contributed by atoms with Gasteiger partial charge >= 0.3 is 5.69 Å². The molecule has 0 atom stereocenters. The van der Waals surface area contributed by atoms with Crippen LogP contribution in [0.2, 0.25) is 0 Å². The van der Waals surface area contributed by atoms with E-state index in [0.717, 1.165) is 62.4 Å². The largest absolute Gasteiger partial charge is 0.490 e. The van der Waals surface area contributed by atoms with Gasteiger partial charge in [-0.3, -0.25) is 15.0 Å². The number of hydrogen-bond acceptors (Lipinski definition) is 6. The summed E-state index contributed by atoms with van der Waals surface area (Å²) in [4.78, 5) is 15.5. The van der Waals surface area contributed by atoms with Gasteiger partial charge in [0.2, 0.25) is 0 Å². The van der Waals surface area contributed by atoms with Gasteiger partial charge in [-0.2, -0.15) is 0 Å². The van der Waals surface area contributed by atoms with Crippen molar-refractivity contribution in [1.29, 1.82) is 0 Å². The normalized spacial score (nSPS) is 20.2. The topological polar surface area (TPSA) is 68.1 Å². The molecule has 2 fully saturated rings. The first kappa shape index (κ1) is 17.4. The number of rotatable bonds is 4. The molecule has 132 valence electrons. The maximum Gasteiger partial charge on any atom is 0.312 e. The molecule has 3 rings (SSSR count). The summed E-state index contributed by atoms with van der Waals surface area (Å²) >= 11 is 3.48. The third-order valence-electron chi connectivity index (χ3n) is 4.81. The van der Waals surface area contributed by atoms with Crippen molar-refractivity contribution in [3.05, 3.63) is 26.7 Å². The molecule has 0 unspecified atom stereocenters. The molecule has 0 bridgehead atoms. The van der Waals surface area contributed by atoms with Gasteiger partial charge in [0.25, 0.3) is 0 Å². The molecule has 2 aliphatic rings. The van der Waals surface area contributed by atoms with Crippen molar-refractivity contribution in [2.45, 2.75) is 18.9 Å². The van der Waals surface area contributed by atoms with Crippen LogP contribution in [0.4, 0.5) is 11.4 Å². The second-order valence-electron chi connectivity index (χ2n) is 6.10. The van der Waals surface area contributed by atoms with Gasteiger partial charge in [-0.25, -0.2) is 0 Å². The van der Waals surface area contributed by atoms with Crippen molar-refractivity contribution in [3.8, 4) is 5.75 Å². The quantitative estimate of drug-likeness (QED) is 0.572. The number of ether oxygens (including phenoxy) is 2. The summed E-state index contributed by atoms with van der Waals surface area (Å²) in [6.45, 7) is 5.54. The molecule has 0 aromatic heterocycles. The van der Waals surface area contributed by atoms with Crippen molar-refractivity contribution < 1.29 is 14.4 Å². The highest BCUT2D eigenvalue weighted by atomic mass is 79.9. The van der Waals surface area contributed by atoms with Crippen LogP contribution in [0.25, 0.3) is 0 Å². The number of anilines is 1. The number of nitro groups is 1. The Morgan fingerprint density at radius 1 is 1.25 bits per heavy atom. The average molecular weight is 400 g/mol. The summed E-state index contributed by atoms with van der Waals surface area (Å²) in [5.41, 5.74) is 0.939. The molecule has 0 saturated carbocycles. The molecule has 8 heteroatoms. The zero-order valence-electron chi connectivity index (χ0n) is 13.7. The number of nitrogens with zero attached hydrogens (tertiary/aromatic N) is 3. The first-order valence-corrected chi connectivity index (χ1v) is 8.98. The molecule has 1 aromatic carbocycles. The molecule has 0 N–H and O–H groups in total. The summed E-state index contributed by atoms with van der Waals surface area (Å²) in [6, 6.07) is 3.89. The number of hydrogen-bond donors (Lipinski definition) is 0. The van der Waals surface area contributed by atoms with E-state index in [1.54, 1.807) is 6.07 Å². The Labute approximate surface area is 149 Å². The smallest absolute Gasteiger partial charge is 0.312 e. The molecule has 2 heterocycles. The van der Waals surface area contributed by atoms with Gasteiger partial charge in [0.1, 0.15) is 0 Å². The monoisotopic (exact) mass is 399 g/mol. The maximum atomic E-state index is 11.1. The van der Waals surface area contributed by atoms with Gasteiger partial charge in [0, 0.05) is 48.8 Å². The zero-order valence-corrected chi connectivity index (χ0v) is 15.3. The van der Waals surface area contributed by atoms with Crippen molar-refractivity contribution in [2.24, 2.45) is 0 Å². The van der Waals surface area contributed by atoms with Crippen molar-refractivity contribution in [3.63, 3.8) is 0 Å². The lowest BCUT2D eigenvalue weighted by Crippen LogP contribution is -2.49. The molecule has 0 radical (unpaired) electrons. The Morgan fingerprint density at radius 3 is 2.50 bits per heavy atom. The number of benzene rings is 1. The second kappa shape index (κ2) is 7.67. The van der Waals surface area contributed by atoms with Gasteiger partial charge in [-0.1, -0.05) is 0 Å². The van der Waals surface area contributed by atoms with Gasteiger partial charge < -0.3 is 14.4 Å². The first-order chi connectivity index (χ1) is 11.6. The summed E-state index contributed by atoms with van der Waals surface area (Å²) < 4.78 is 11.4. The molecule has 2 aliphatic heterocycles. The fraction of sp³-hybridized carbons (Fsp3) is 0.625. The van der Waals surface area contributed by atoms with E-state index in [4.69, 9.17) is 9.47 Å². The van der Waals surface area contributed by atoms with Crippen LogP contribution in [0, 0.1) is 10.1 Å². The molecule has 1 aromatic rings. The first-order valence-electron chi connectivity index (χ1n) is 8.19. The molecular formula is C16H22BrN3O4. The minimum atomic E-state index is -0.419. The number of halogens is 1. The van der Waals surface area contributed by atoms with E-state index in [1.807, 2.05) is 0 Å². The summed E-state index contributed by atoms with van der Waals surface area (Å²) in [7, 11) is 1.46. The van der Waals surface area contributed by atoms with Gasteiger partial charge in [0.05, 0.1) is 30.9 Å². The minimum Gasteiger partial charge on any atom is -0.490 e. The van der Waals surface area contributed by atoms with Crippen LogP contribution in [-0.4, -0.2) is 62.4 Å². The Bertz CT molecular complexity index is 599. The Morgan fingerprint density at radius 2 is 1.92 bits per heavy atom. The average Bonchev–Trinajstić information content (AvgIpc) is 2.62. The number of piperidine rings is 1. The Hall–Kier alpha value is -1.38. The molecule has 0 amide bonds. The number of nitro benzene ring substituents is 1. The van der Waals surface area contributed by atoms with Crippen LogP contribution < -0.4 is 9.64 Å². The predicted molar refractivity (Wildman–Crippen MR) is 95.0 cm³/mol. The third kappa shape index (κ3) is 3.65. The van der Waals surface area contributed by atoms with Crippen LogP contribution >= 0.6 is 15.9 Å². The molecular weight excluding hydrogens is 378 g/mol. The van der Waals surface area contributed by atoms with Crippen molar-refractivity contribution >= 4 is 27.3 Å². The lowest BCUT2D eigenvalue weighted by atomic mass is 10.0. The Kier molecular flexibility index (Phi) is 5.57. The van der Waals surface area contributed by atoms with Gasteiger partial charge in [-0.05, 0) is 28.8 Å². The second-order valence-corrected chi connectivity index (χ2v) is 6.95. The van der Waals surface area contributed by atoms with E-state index < -0.39 is 4.92 Å². The van der Waals surface area contributed by atoms with E-state index in [2.05, 4.69) is 25.7 Å². The van der Waals surface area contributed by atoms with Crippen molar-refractivity contribution in [2.75, 3.05) is 51.4 Å². The summed E-state index contributed by atoms with van der Waals surface area (Å²) in [5, 5.41) is 11.1. The Balaban J connectivity index is 1.70. The molecule has 2 saturated heterocycles. The van der Waals surface area contributed by atoms with Crippen LogP contribution in [0.3, 0.4) is 0 Å². The fourth-order valence-electron chi connectivity index (χ4n) is 3.50. The number of methoxy groups -OCH3 is 1. The predicted octanol–water partition coefficient (Wildman–Crippen LogP) is 2.67.